The van der Waals surface area contributed by atoms with Gasteiger partial charge in [0.25, 0.3) is 0 Å². The van der Waals surface area contributed by atoms with Crippen molar-refractivity contribution in [2.24, 2.45) is 5.92 Å². The summed E-state index contributed by atoms with van der Waals surface area (Å²) in [7, 11) is 0. The largest absolute Gasteiger partial charge is 0.298 e. The van der Waals surface area contributed by atoms with Crippen LogP contribution in [0, 0.1) is 17.2 Å². The molecule has 1 aliphatic rings. The van der Waals surface area contributed by atoms with E-state index in [0.717, 1.165) is 6.42 Å². The quantitative estimate of drug-likeness (QED) is 0.536. The maximum absolute atomic E-state index is 10.7. The summed E-state index contributed by atoms with van der Waals surface area (Å²) < 4.78 is 0. The lowest BCUT2D eigenvalue weighted by Crippen LogP contribution is -2.11. The number of nitriles is 1. The zero-order valence-electron chi connectivity index (χ0n) is 4.80. The smallest absolute Gasteiger partial charge is 0.147 e. The predicted octanol–water partition coefficient (Wildman–Crippen LogP) is 1.25. The van der Waals surface area contributed by atoms with E-state index in [2.05, 4.69) is 22.0 Å². The van der Waals surface area contributed by atoms with E-state index in [9.17, 15) is 4.79 Å². The van der Waals surface area contributed by atoms with Crippen molar-refractivity contribution in [2.45, 2.75) is 17.7 Å². The highest BCUT2D eigenvalue weighted by atomic mass is 79.9. The van der Waals surface area contributed by atoms with Crippen LogP contribution in [0.3, 0.4) is 0 Å². The number of nitrogens with zero attached hydrogens (tertiary/aromatic N) is 1. The fraction of sp³-hybridized carbons (Fsp3) is 0.667. The molecule has 0 heterocycles. The van der Waals surface area contributed by atoms with Crippen molar-refractivity contribution in [3.63, 3.8) is 0 Å². The Morgan fingerprint density at radius 1 is 1.78 bits per heavy atom. The number of carbonyl (C=O) groups excluding carboxylic acids is 1. The summed E-state index contributed by atoms with van der Waals surface area (Å²) in [5.74, 6) is 0.0825. The molecule has 1 saturated carbocycles. The van der Waals surface area contributed by atoms with Crippen LogP contribution >= 0.6 is 15.9 Å². The molecule has 1 rings (SSSR count). The van der Waals surface area contributed by atoms with E-state index in [0.29, 0.717) is 6.42 Å². The fourth-order valence-corrected chi connectivity index (χ4v) is 1.55. The Morgan fingerprint density at radius 2 is 2.44 bits per heavy atom. The summed E-state index contributed by atoms with van der Waals surface area (Å²) in [6.45, 7) is 0. The molecule has 0 radical (unpaired) electrons. The van der Waals surface area contributed by atoms with Crippen molar-refractivity contribution < 1.29 is 4.79 Å². The highest BCUT2D eigenvalue weighted by molar-refractivity contribution is 9.10. The first-order valence-corrected chi connectivity index (χ1v) is 3.73. The fourth-order valence-electron chi connectivity index (χ4n) is 0.936. The second kappa shape index (κ2) is 2.49. The Hall–Kier alpha value is -0.360. The second-order valence-electron chi connectivity index (χ2n) is 2.14. The Kier molecular flexibility index (Phi) is 1.87. The normalized spacial score (nSPS) is 34.4. The van der Waals surface area contributed by atoms with Gasteiger partial charge < -0.3 is 0 Å². The molecule has 2 unspecified atom stereocenters. The Balaban J connectivity index is 2.64. The molecule has 0 N–H and O–H groups in total. The van der Waals surface area contributed by atoms with Crippen molar-refractivity contribution >= 4 is 21.7 Å². The summed E-state index contributed by atoms with van der Waals surface area (Å²) in [4.78, 5) is 10.6. The Bertz CT molecular complexity index is 172. The topological polar surface area (TPSA) is 40.9 Å². The van der Waals surface area contributed by atoms with E-state index in [1.807, 2.05) is 0 Å². The molecule has 0 saturated heterocycles. The molecule has 0 spiro atoms. The Labute approximate surface area is 62.0 Å². The molecule has 1 aliphatic carbocycles. The molecule has 9 heavy (non-hydrogen) atoms. The molecule has 0 aromatic heterocycles. The molecular formula is C6H6BrNO. The Morgan fingerprint density at radius 3 is 2.67 bits per heavy atom. The molecule has 0 aromatic carbocycles. The molecule has 2 atom stereocenters. The third kappa shape index (κ3) is 1.13. The minimum atomic E-state index is -0.192. The molecule has 48 valence electrons. The van der Waals surface area contributed by atoms with Gasteiger partial charge in [0.2, 0.25) is 0 Å². The van der Waals surface area contributed by atoms with Crippen LogP contribution in [-0.2, 0) is 4.79 Å². The number of hydrogen-bond donors (Lipinski definition) is 0. The first-order valence-electron chi connectivity index (χ1n) is 2.82. The van der Waals surface area contributed by atoms with E-state index >= 15 is 0 Å². The monoisotopic (exact) mass is 187 g/mol. The molecule has 0 aromatic rings. The van der Waals surface area contributed by atoms with Crippen molar-refractivity contribution in [3.8, 4) is 6.07 Å². The second-order valence-corrected chi connectivity index (χ2v) is 3.13. The zero-order valence-corrected chi connectivity index (χ0v) is 6.39. The van der Waals surface area contributed by atoms with Gasteiger partial charge in [-0.15, -0.1) is 0 Å². The third-order valence-corrected chi connectivity index (χ3v) is 2.68. The molecule has 1 fully saturated rings. The first-order chi connectivity index (χ1) is 4.25. The number of Topliss-reactive ketones (excluding diaryl/α,β-unsaturated/α-hetero) is 1. The molecule has 0 bridgehead atoms. The van der Waals surface area contributed by atoms with Gasteiger partial charge in [-0.1, -0.05) is 15.9 Å². The lowest BCUT2D eigenvalue weighted by atomic mass is 10.1. The van der Waals surface area contributed by atoms with Gasteiger partial charge in [0.05, 0.1) is 16.8 Å². The first kappa shape index (κ1) is 6.76. The number of carbonyl (C=O) groups is 1. The van der Waals surface area contributed by atoms with Crippen molar-refractivity contribution in [1.82, 2.24) is 0 Å². The van der Waals surface area contributed by atoms with Crippen LogP contribution in [0.15, 0.2) is 0 Å². The average Bonchev–Trinajstić information content (AvgIpc) is 2.15. The minimum absolute atomic E-state index is 0.0856. The standard InChI is InChI=1S/C6H6BrNO/c7-6-4(3-8)1-2-5(6)9/h4,6H,1-2H2. The highest BCUT2D eigenvalue weighted by Crippen LogP contribution is 2.27. The molecular weight excluding hydrogens is 182 g/mol. The van der Waals surface area contributed by atoms with Crippen LogP contribution < -0.4 is 0 Å². The van der Waals surface area contributed by atoms with Gasteiger partial charge >= 0.3 is 0 Å². The van der Waals surface area contributed by atoms with Gasteiger partial charge in [0, 0.05) is 6.42 Å². The lowest BCUT2D eigenvalue weighted by molar-refractivity contribution is -0.116. The predicted molar refractivity (Wildman–Crippen MR) is 36.1 cm³/mol. The maximum atomic E-state index is 10.7. The summed E-state index contributed by atoms with van der Waals surface area (Å²) >= 11 is 3.16. The van der Waals surface area contributed by atoms with Crippen LogP contribution in [0.25, 0.3) is 0 Å². The van der Waals surface area contributed by atoms with Gasteiger partial charge in [-0.25, -0.2) is 0 Å². The van der Waals surface area contributed by atoms with E-state index in [1.165, 1.54) is 0 Å². The molecule has 2 nitrogen and oxygen atoms in total. The average molecular weight is 188 g/mol. The highest BCUT2D eigenvalue weighted by Gasteiger charge is 2.31. The number of hydrogen-bond acceptors (Lipinski definition) is 2. The maximum Gasteiger partial charge on any atom is 0.147 e. The number of halogens is 1. The summed E-state index contributed by atoms with van der Waals surface area (Å²) in [6, 6.07) is 2.08. The molecule has 0 amide bonds. The van der Waals surface area contributed by atoms with E-state index in [1.54, 1.807) is 0 Å². The van der Waals surface area contributed by atoms with E-state index in [-0.39, 0.29) is 16.5 Å². The van der Waals surface area contributed by atoms with Crippen molar-refractivity contribution in [3.05, 3.63) is 0 Å². The van der Waals surface area contributed by atoms with Crippen LogP contribution in [0.2, 0.25) is 0 Å². The zero-order chi connectivity index (χ0) is 6.85. The van der Waals surface area contributed by atoms with Gasteiger partial charge in [-0.2, -0.15) is 5.26 Å². The minimum Gasteiger partial charge on any atom is -0.298 e. The number of ketones is 1. The van der Waals surface area contributed by atoms with E-state index < -0.39 is 0 Å². The molecule has 0 aliphatic heterocycles. The van der Waals surface area contributed by atoms with Crippen LogP contribution in [0.4, 0.5) is 0 Å². The summed E-state index contributed by atoms with van der Waals surface area (Å²) in [5.41, 5.74) is 0. The number of rotatable bonds is 0. The van der Waals surface area contributed by atoms with E-state index in [4.69, 9.17) is 5.26 Å². The van der Waals surface area contributed by atoms with Gasteiger partial charge in [0.15, 0.2) is 0 Å². The van der Waals surface area contributed by atoms with Gasteiger partial charge in [-0.3, -0.25) is 4.79 Å². The van der Waals surface area contributed by atoms with Gasteiger partial charge in [0.1, 0.15) is 5.78 Å². The van der Waals surface area contributed by atoms with Crippen molar-refractivity contribution in [1.29, 1.82) is 5.26 Å². The van der Waals surface area contributed by atoms with Crippen LogP contribution in [0.1, 0.15) is 12.8 Å². The van der Waals surface area contributed by atoms with Gasteiger partial charge in [-0.05, 0) is 6.42 Å². The SMILES string of the molecule is N#CC1CCC(=O)C1Br. The molecule has 3 heteroatoms. The summed E-state index contributed by atoms with van der Waals surface area (Å²) in [5, 5.41) is 8.42. The lowest BCUT2D eigenvalue weighted by Gasteiger charge is -1.98. The third-order valence-electron chi connectivity index (χ3n) is 1.53. The van der Waals surface area contributed by atoms with Crippen molar-refractivity contribution in [2.75, 3.05) is 0 Å². The number of alkyl halides is 1. The van der Waals surface area contributed by atoms with Crippen LogP contribution in [0.5, 0.6) is 0 Å². The van der Waals surface area contributed by atoms with Crippen LogP contribution in [-0.4, -0.2) is 10.6 Å². The summed E-state index contributed by atoms with van der Waals surface area (Å²) in [6.07, 6.45) is 1.29.